The van der Waals surface area contributed by atoms with E-state index in [-0.39, 0.29) is 6.10 Å². The smallest absolute Gasteiger partial charge is 0.0804 e. The van der Waals surface area contributed by atoms with Crippen LogP contribution < -0.4 is 0 Å². The highest BCUT2D eigenvalue weighted by molar-refractivity contribution is 5.26. The number of rotatable bonds is 4. The average molecular weight is 165 g/mol. The summed E-state index contributed by atoms with van der Waals surface area (Å²) in [4.78, 5) is 3.71. The molecule has 0 aromatic carbocycles. The highest BCUT2D eigenvalue weighted by atomic mass is 16.3. The molecule has 0 heterocycles. The van der Waals surface area contributed by atoms with Gasteiger partial charge in [0.15, 0.2) is 0 Å². The Morgan fingerprint density at radius 1 is 1.58 bits per heavy atom. The lowest BCUT2D eigenvalue weighted by molar-refractivity contribution is 0.206. The number of hydrogen-bond donors (Lipinski definition) is 1. The molecule has 1 N–H and O–H groups in total. The van der Waals surface area contributed by atoms with Crippen LogP contribution in [0.1, 0.15) is 19.3 Å². The first-order valence-electron chi connectivity index (χ1n) is 4.31. The molecule has 2 nitrogen and oxygen atoms in total. The summed E-state index contributed by atoms with van der Waals surface area (Å²) in [7, 11) is 0. The van der Waals surface area contributed by atoms with E-state index >= 15 is 0 Å². The van der Waals surface area contributed by atoms with Crippen molar-refractivity contribution in [2.45, 2.75) is 25.4 Å². The lowest BCUT2D eigenvalue weighted by Crippen LogP contribution is -2.11. The molecule has 0 aromatic heterocycles. The Bertz CT molecular complexity index is 206. The maximum Gasteiger partial charge on any atom is 0.0804 e. The molecule has 1 aliphatic carbocycles. The van der Waals surface area contributed by atoms with Crippen LogP contribution >= 0.6 is 0 Å². The van der Waals surface area contributed by atoms with Crippen molar-refractivity contribution in [2.24, 2.45) is 4.99 Å². The molecule has 0 spiro atoms. The molecule has 0 aliphatic heterocycles. The third-order valence-electron chi connectivity index (χ3n) is 1.97. The molecule has 66 valence electrons. The van der Waals surface area contributed by atoms with E-state index in [1.165, 1.54) is 0 Å². The van der Waals surface area contributed by atoms with Gasteiger partial charge in [-0.25, -0.2) is 0 Å². The Labute approximate surface area is 73.3 Å². The van der Waals surface area contributed by atoms with Crippen LogP contribution in [-0.2, 0) is 0 Å². The number of nitrogens with zero attached hydrogens (tertiary/aromatic N) is 1. The van der Waals surface area contributed by atoms with Gasteiger partial charge in [0.1, 0.15) is 0 Å². The summed E-state index contributed by atoms with van der Waals surface area (Å²) in [6.07, 6.45) is 8.65. The van der Waals surface area contributed by atoms with E-state index in [0.717, 1.165) is 18.4 Å². The number of aliphatic hydroxyl groups excluding tert-OH is 1. The summed E-state index contributed by atoms with van der Waals surface area (Å²) in [5.74, 6) is 0. The minimum Gasteiger partial charge on any atom is -0.388 e. The van der Waals surface area contributed by atoms with Crippen molar-refractivity contribution in [3.05, 3.63) is 23.8 Å². The van der Waals surface area contributed by atoms with Gasteiger partial charge in [0, 0.05) is 6.54 Å². The second-order valence-corrected chi connectivity index (χ2v) is 2.94. The van der Waals surface area contributed by atoms with Crippen LogP contribution in [-0.4, -0.2) is 24.5 Å². The fourth-order valence-corrected chi connectivity index (χ4v) is 1.26. The van der Waals surface area contributed by atoms with Gasteiger partial charge in [0.05, 0.1) is 6.10 Å². The van der Waals surface area contributed by atoms with Crippen LogP contribution in [0, 0.1) is 0 Å². The molecule has 0 radical (unpaired) electrons. The molecule has 1 atom stereocenters. The monoisotopic (exact) mass is 165 g/mol. The SMILES string of the molecule is C=NCCC(O)C1=CCCC=C1. The number of allylic oxidation sites excluding steroid dienone is 2. The first-order valence-corrected chi connectivity index (χ1v) is 4.31. The molecular formula is C10H15NO. The molecule has 2 heteroatoms. The standard InChI is InChI=1S/C10H15NO/c1-11-8-7-10(12)9-5-3-2-4-6-9/h3,5-6,10,12H,1-2,4,7-8H2. The van der Waals surface area contributed by atoms with Gasteiger partial charge in [-0.2, -0.15) is 0 Å². The summed E-state index contributed by atoms with van der Waals surface area (Å²) in [5.41, 5.74) is 1.03. The Kier molecular flexibility index (Phi) is 3.74. The Balaban J connectivity index is 2.40. The van der Waals surface area contributed by atoms with Crippen molar-refractivity contribution in [2.75, 3.05) is 6.54 Å². The van der Waals surface area contributed by atoms with Crippen LogP contribution in [0.4, 0.5) is 0 Å². The van der Waals surface area contributed by atoms with E-state index in [0.29, 0.717) is 13.0 Å². The minimum atomic E-state index is -0.355. The molecule has 0 saturated heterocycles. The topological polar surface area (TPSA) is 32.6 Å². The first-order chi connectivity index (χ1) is 5.84. The molecule has 1 unspecified atom stereocenters. The van der Waals surface area contributed by atoms with Gasteiger partial charge in [0.25, 0.3) is 0 Å². The van der Waals surface area contributed by atoms with Crippen molar-refractivity contribution in [3.8, 4) is 0 Å². The van der Waals surface area contributed by atoms with Gasteiger partial charge < -0.3 is 10.1 Å². The Morgan fingerprint density at radius 2 is 2.42 bits per heavy atom. The molecule has 0 amide bonds. The molecule has 0 aromatic rings. The Morgan fingerprint density at radius 3 is 3.00 bits per heavy atom. The maximum atomic E-state index is 9.60. The van der Waals surface area contributed by atoms with Gasteiger partial charge >= 0.3 is 0 Å². The third kappa shape index (κ3) is 2.62. The highest BCUT2D eigenvalue weighted by Gasteiger charge is 2.08. The second-order valence-electron chi connectivity index (χ2n) is 2.94. The minimum absolute atomic E-state index is 0.355. The van der Waals surface area contributed by atoms with E-state index in [1.54, 1.807) is 0 Å². The largest absolute Gasteiger partial charge is 0.388 e. The zero-order valence-electron chi connectivity index (χ0n) is 7.24. The van der Waals surface area contributed by atoms with E-state index in [4.69, 9.17) is 0 Å². The zero-order valence-corrected chi connectivity index (χ0v) is 7.24. The zero-order chi connectivity index (χ0) is 8.81. The van der Waals surface area contributed by atoms with Crippen molar-refractivity contribution in [3.63, 3.8) is 0 Å². The molecular weight excluding hydrogens is 150 g/mol. The molecule has 0 bridgehead atoms. The van der Waals surface area contributed by atoms with E-state index < -0.39 is 0 Å². The average Bonchev–Trinajstić information content (AvgIpc) is 2.15. The van der Waals surface area contributed by atoms with Crippen molar-refractivity contribution in [1.82, 2.24) is 0 Å². The molecule has 1 aliphatic rings. The normalized spacial score (nSPS) is 18.6. The lowest BCUT2D eigenvalue weighted by atomic mass is 10.0. The van der Waals surface area contributed by atoms with Crippen LogP contribution in [0.25, 0.3) is 0 Å². The van der Waals surface area contributed by atoms with E-state index in [2.05, 4.69) is 23.9 Å². The van der Waals surface area contributed by atoms with Crippen molar-refractivity contribution < 1.29 is 5.11 Å². The maximum absolute atomic E-state index is 9.60. The number of aliphatic imine (C=N–C) groups is 1. The number of hydrogen-bond acceptors (Lipinski definition) is 2. The van der Waals surface area contributed by atoms with E-state index in [1.807, 2.05) is 6.08 Å². The summed E-state index contributed by atoms with van der Waals surface area (Å²) >= 11 is 0. The third-order valence-corrected chi connectivity index (χ3v) is 1.97. The van der Waals surface area contributed by atoms with Crippen LogP contribution in [0.3, 0.4) is 0 Å². The van der Waals surface area contributed by atoms with Crippen molar-refractivity contribution >= 4 is 6.72 Å². The predicted molar refractivity (Wildman–Crippen MR) is 51.5 cm³/mol. The van der Waals surface area contributed by atoms with Gasteiger partial charge in [-0.15, -0.1) is 0 Å². The molecule has 1 rings (SSSR count). The van der Waals surface area contributed by atoms with Gasteiger partial charge in [-0.3, -0.25) is 0 Å². The van der Waals surface area contributed by atoms with E-state index in [9.17, 15) is 5.11 Å². The molecule has 0 saturated carbocycles. The quantitative estimate of drug-likeness (QED) is 0.632. The summed E-state index contributed by atoms with van der Waals surface area (Å²) in [6, 6.07) is 0. The van der Waals surface area contributed by atoms with Gasteiger partial charge in [-0.05, 0) is 31.6 Å². The number of aliphatic hydroxyl groups is 1. The van der Waals surface area contributed by atoms with Crippen LogP contribution in [0.15, 0.2) is 28.8 Å². The van der Waals surface area contributed by atoms with Crippen molar-refractivity contribution in [1.29, 1.82) is 0 Å². The summed E-state index contributed by atoms with van der Waals surface area (Å²) in [6.45, 7) is 4.01. The fourth-order valence-electron chi connectivity index (χ4n) is 1.26. The second kappa shape index (κ2) is 4.88. The molecule has 0 fully saturated rings. The lowest BCUT2D eigenvalue weighted by Gasteiger charge is -2.12. The van der Waals surface area contributed by atoms with Crippen LogP contribution in [0.2, 0.25) is 0 Å². The molecule has 12 heavy (non-hydrogen) atoms. The van der Waals surface area contributed by atoms with Gasteiger partial charge in [-0.1, -0.05) is 18.2 Å². The van der Waals surface area contributed by atoms with Gasteiger partial charge in [0.2, 0.25) is 0 Å². The summed E-state index contributed by atoms with van der Waals surface area (Å²) in [5, 5.41) is 9.60. The predicted octanol–water partition coefficient (Wildman–Crippen LogP) is 1.71. The Hall–Kier alpha value is -0.890. The summed E-state index contributed by atoms with van der Waals surface area (Å²) < 4.78 is 0. The highest BCUT2D eigenvalue weighted by Crippen LogP contribution is 2.15. The fraction of sp³-hybridized carbons (Fsp3) is 0.500. The van der Waals surface area contributed by atoms with Crippen LogP contribution in [0.5, 0.6) is 0 Å². The first kappa shape index (κ1) is 9.20.